The van der Waals surface area contributed by atoms with E-state index in [2.05, 4.69) is 15.6 Å². The van der Waals surface area contributed by atoms with Gasteiger partial charge in [0.1, 0.15) is 0 Å². The highest BCUT2D eigenvalue weighted by atomic mass is 127. The number of nitrogens with one attached hydrogen (secondary N) is 2. The van der Waals surface area contributed by atoms with E-state index in [1.165, 1.54) is 0 Å². The van der Waals surface area contributed by atoms with Crippen LogP contribution >= 0.6 is 24.0 Å². The molecule has 29 heavy (non-hydrogen) atoms. The summed E-state index contributed by atoms with van der Waals surface area (Å²) in [4.78, 5) is 4.60. The minimum absolute atomic E-state index is 0. The van der Waals surface area contributed by atoms with Gasteiger partial charge < -0.3 is 24.8 Å². The topological polar surface area (TPSA) is 64.1 Å². The van der Waals surface area contributed by atoms with Gasteiger partial charge in [-0.3, -0.25) is 4.99 Å². The van der Waals surface area contributed by atoms with Crippen LogP contribution in [0.15, 0.2) is 23.2 Å². The van der Waals surface area contributed by atoms with Crippen LogP contribution in [0.2, 0.25) is 0 Å². The van der Waals surface area contributed by atoms with Crippen LogP contribution in [0, 0.1) is 0 Å². The molecule has 1 fully saturated rings. The van der Waals surface area contributed by atoms with E-state index in [-0.39, 0.29) is 42.7 Å². The SMILES string of the molecule is CCNC(=NCC1(c2ccc3c(c2)OCO3)CCOCC1)NCCC(F)(F)F.I. The number of halogens is 4. The maximum Gasteiger partial charge on any atom is 0.390 e. The summed E-state index contributed by atoms with van der Waals surface area (Å²) in [6.07, 6.45) is -3.55. The third-order valence-electron chi connectivity index (χ3n) is 5.02. The molecule has 0 atom stereocenters. The third kappa shape index (κ3) is 6.53. The molecule has 2 N–H and O–H groups in total. The first-order valence-corrected chi connectivity index (χ1v) is 9.49. The summed E-state index contributed by atoms with van der Waals surface area (Å²) in [5, 5.41) is 5.78. The first-order valence-electron chi connectivity index (χ1n) is 9.49. The lowest BCUT2D eigenvalue weighted by Gasteiger charge is -2.36. The second-order valence-corrected chi connectivity index (χ2v) is 6.95. The Morgan fingerprint density at radius 2 is 1.86 bits per heavy atom. The third-order valence-corrected chi connectivity index (χ3v) is 5.02. The maximum absolute atomic E-state index is 12.4. The minimum Gasteiger partial charge on any atom is -0.454 e. The summed E-state index contributed by atoms with van der Waals surface area (Å²) in [5.74, 6) is 1.82. The summed E-state index contributed by atoms with van der Waals surface area (Å²) in [6.45, 7) is 4.11. The van der Waals surface area contributed by atoms with Crippen molar-refractivity contribution in [2.75, 3.05) is 39.6 Å². The smallest absolute Gasteiger partial charge is 0.390 e. The number of benzene rings is 1. The number of fused-ring (bicyclic) bond motifs is 1. The zero-order valence-corrected chi connectivity index (χ0v) is 18.6. The Morgan fingerprint density at radius 3 is 2.55 bits per heavy atom. The molecule has 0 aromatic heterocycles. The van der Waals surface area contributed by atoms with E-state index in [9.17, 15) is 13.2 Å². The number of nitrogens with zero attached hydrogens (tertiary/aromatic N) is 1. The van der Waals surface area contributed by atoms with Gasteiger partial charge in [0.15, 0.2) is 17.5 Å². The number of ether oxygens (including phenoxy) is 3. The molecular weight excluding hydrogens is 502 g/mol. The molecule has 0 unspecified atom stereocenters. The van der Waals surface area contributed by atoms with Crippen LogP contribution in [-0.2, 0) is 10.2 Å². The van der Waals surface area contributed by atoms with Gasteiger partial charge in [-0.15, -0.1) is 24.0 Å². The molecule has 2 aliphatic heterocycles. The van der Waals surface area contributed by atoms with Crippen molar-refractivity contribution in [3.8, 4) is 11.5 Å². The van der Waals surface area contributed by atoms with Crippen LogP contribution in [-0.4, -0.2) is 51.8 Å². The van der Waals surface area contributed by atoms with Gasteiger partial charge in [-0.1, -0.05) is 6.07 Å². The van der Waals surface area contributed by atoms with Gasteiger partial charge in [0.2, 0.25) is 6.79 Å². The van der Waals surface area contributed by atoms with E-state index in [0.717, 1.165) is 24.2 Å². The molecule has 0 saturated carbocycles. The van der Waals surface area contributed by atoms with Crippen LogP contribution in [0.25, 0.3) is 0 Å². The molecule has 10 heteroatoms. The van der Waals surface area contributed by atoms with Gasteiger partial charge >= 0.3 is 6.18 Å². The Bertz CT molecular complexity index is 695. The average molecular weight is 529 g/mol. The maximum atomic E-state index is 12.4. The molecule has 6 nitrogen and oxygen atoms in total. The zero-order valence-electron chi connectivity index (χ0n) is 16.3. The lowest BCUT2D eigenvalue weighted by atomic mass is 9.74. The highest BCUT2D eigenvalue weighted by Gasteiger charge is 2.36. The number of guanidine groups is 1. The van der Waals surface area contributed by atoms with Crippen molar-refractivity contribution in [3.05, 3.63) is 23.8 Å². The van der Waals surface area contributed by atoms with Gasteiger partial charge in [0.25, 0.3) is 0 Å². The second-order valence-electron chi connectivity index (χ2n) is 6.95. The van der Waals surface area contributed by atoms with Crippen molar-refractivity contribution in [1.82, 2.24) is 10.6 Å². The molecule has 2 heterocycles. The molecule has 1 saturated heterocycles. The number of aliphatic imine (C=N–C) groups is 1. The molecule has 0 radical (unpaired) electrons. The van der Waals surface area contributed by atoms with Crippen molar-refractivity contribution >= 4 is 29.9 Å². The highest BCUT2D eigenvalue weighted by Crippen LogP contribution is 2.41. The Balaban J connectivity index is 0.00000300. The molecule has 1 aromatic rings. The lowest BCUT2D eigenvalue weighted by molar-refractivity contribution is -0.132. The van der Waals surface area contributed by atoms with Gasteiger partial charge in [-0.05, 0) is 37.5 Å². The van der Waals surface area contributed by atoms with Crippen LogP contribution in [0.5, 0.6) is 11.5 Å². The van der Waals surface area contributed by atoms with Gasteiger partial charge in [0.05, 0.1) is 13.0 Å². The predicted octanol–water partition coefficient (Wildman–Crippen LogP) is 3.59. The van der Waals surface area contributed by atoms with Crippen LogP contribution < -0.4 is 20.1 Å². The van der Waals surface area contributed by atoms with E-state index in [0.29, 0.717) is 38.0 Å². The second kappa shape index (κ2) is 10.6. The fourth-order valence-corrected chi connectivity index (χ4v) is 3.42. The zero-order chi connectivity index (χ0) is 20.0. The van der Waals surface area contributed by atoms with Gasteiger partial charge in [-0.25, -0.2) is 0 Å². The van der Waals surface area contributed by atoms with Crippen LogP contribution in [0.3, 0.4) is 0 Å². The summed E-state index contributed by atoms with van der Waals surface area (Å²) in [6, 6.07) is 5.89. The normalized spacial score (nSPS) is 18.1. The number of hydrogen-bond donors (Lipinski definition) is 2. The molecular formula is C19H27F3IN3O3. The number of hydrogen-bond acceptors (Lipinski definition) is 4. The Hall–Kier alpha value is -1.43. The van der Waals surface area contributed by atoms with E-state index in [1.54, 1.807) is 0 Å². The lowest BCUT2D eigenvalue weighted by Crippen LogP contribution is -2.42. The van der Waals surface area contributed by atoms with Crippen molar-refractivity contribution < 1.29 is 27.4 Å². The monoisotopic (exact) mass is 529 g/mol. The van der Waals surface area contributed by atoms with Crippen molar-refractivity contribution in [3.63, 3.8) is 0 Å². The van der Waals surface area contributed by atoms with E-state index >= 15 is 0 Å². The first kappa shape index (κ1) is 23.8. The molecule has 3 rings (SSSR count). The highest BCUT2D eigenvalue weighted by molar-refractivity contribution is 14.0. The number of rotatable bonds is 6. The standard InChI is InChI=1S/C19H26F3N3O3.HI/c1-2-23-17(24-8-5-19(20,21)22)25-12-18(6-9-26-10-7-18)14-3-4-15-16(11-14)28-13-27-15;/h3-4,11H,2,5-10,12-13H2,1H3,(H2,23,24,25);1H. The summed E-state index contributed by atoms with van der Waals surface area (Å²) in [5.41, 5.74) is 0.820. The largest absolute Gasteiger partial charge is 0.454 e. The predicted molar refractivity (Wildman–Crippen MR) is 114 cm³/mol. The fourth-order valence-electron chi connectivity index (χ4n) is 3.42. The molecule has 0 spiro atoms. The average Bonchev–Trinajstić information content (AvgIpc) is 3.14. The van der Waals surface area contributed by atoms with Gasteiger partial charge in [0, 0.05) is 31.7 Å². The number of alkyl halides is 3. The van der Waals surface area contributed by atoms with Crippen molar-refractivity contribution in [2.45, 2.75) is 37.8 Å². The molecule has 164 valence electrons. The summed E-state index contributed by atoms with van der Waals surface area (Å²) in [7, 11) is 0. The fraction of sp³-hybridized carbons (Fsp3) is 0.632. The Labute approximate surface area is 185 Å². The minimum atomic E-state index is -4.20. The molecule has 1 aromatic carbocycles. The molecule has 0 bridgehead atoms. The Morgan fingerprint density at radius 1 is 1.14 bits per heavy atom. The van der Waals surface area contributed by atoms with Gasteiger partial charge in [-0.2, -0.15) is 13.2 Å². The van der Waals surface area contributed by atoms with E-state index in [1.807, 2.05) is 25.1 Å². The van der Waals surface area contributed by atoms with E-state index < -0.39 is 12.6 Å². The van der Waals surface area contributed by atoms with E-state index in [4.69, 9.17) is 14.2 Å². The molecule has 2 aliphatic rings. The van der Waals surface area contributed by atoms with Crippen molar-refractivity contribution in [1.29, 1.82) is 0 Å². The summed E-state index contributed by atoms with van der Waals surface area (Å²) < 4.78 is 53.7. The van der Waals surface area contributed by atoms with Crippen molar-refractivity contribution in [2.24, 2.45) is 4.99 Å². The summed E-state index contributed by atoms with van der Waals surface area (Å²) >= 11 is 0. The van der Waals surface area contributed by atoms with Crippen LogP contribution in [0.4, 0.5) is 13.2 Å². The first-order chi connectivity index (χ1) is 13.4. The quantitative estimate of drug-likeness (QED) is 0.335. The molecule has 0 aliphatic carbocycles. The Kier molecular flexibility index (Phi) is 8.68. The van der Waals surface area contributed by atoms with Crippen LogP contribution in [0.1, 0.15) is 31.7 Å². The molecule has 0 amide bonds.